The van der Waals surface area contributed by atoms with Gasteiger partial charge in [-0.3, -0.25) is 9.78 Å². The van der Waals surface area contributed by atoms with Gasteiger partial charge in [0.05, 0.1) is 12.7 Å². The Labute approximate surface area is 129 Å². The van der Waals surface area contributed by atoms with Crippen LogP contribution >= 0.6 is 0 Å². The molecule has 0 spiro atoms. The molecular weight excluding hydrogens is 280 g/mol. The molecule has 0 aliphatic rings. The molecule has 0 radical (unpaired) electrons. The molecule has 0 saturated carbocycles. The van der Waals surface area contributed by atoms with Crippen molar-refractivity contribution in [3.05, 3.63) is 65.5 Å². The number of nitrogens with zero attached hydrogens (tertiary/aromatic N) is 2. The van der Waals surface area contributed by atoms with Crippen molar-refractivity contribution in [3.63, 3.8) is 0 Å². The molecule has 114 valence electrons. The van der Waals surface area contributed by atoms with Gasteiger partial charge in [0.1, 0.15) is 0 Å². The third-order valence-electron chi connectivity index (χ3n) is 3.33. The molecule has 0 aliphatic heterocycles. The molecule has 1 amide bonds. The lowest BCUT2D eigenvalue weighted by Crippen LogP contribution is -2.29. The van der Waals surface area contributed by atoms with Crippen molar-refractivity contribution in [2.75, 3.05) is 20.7 Å². The van der Waals surface area contributed by atoms with Crippen LogP contribution in [0.2, 0.25) is 0 Å². The molecule has 0 unspecified atom stereocenters. The summed E-state index contributed by atoms with van der Waals surface area (Å²) in [7, 11) is 3.08. The zero-order valence-corrected chi connectivity index (χ0v) is 12.7. The van der Waals surface area contributed by atoms with Crippen LogP contribution in [0.1, 0.15) is 26.4 Å². The monoisotopic (exact) mass is 298 g/mol. The highest BCUT2D eigenvalue weighted by atomic mass is 16.5. The number of carbonyl (C=O) groups is 2. The molecule has 0 saturated heterocycles. The van der Waals surface area contributed by atoms with E-state index in [0.29, 0.717) is 24.1 Å². The average molecular weight is 298 g/mol. The van der Waals surface area contributed by atoms with Crippen molar-refractivity contribution in [2.24, 2.45) is 0 Å². The van der Waals surface area contributed by atoms with Crippen molar-refractivity contribution >= 4 is 11.9 Å². The van der Waals surface area contributed by atoms with Crippen molar-refractivity contribution in [3.8, 4) is 0 Å². The molecule has 0 fully saturated rings. The van der Waals surface area contributed by atoms with Crippen LogP contribution in [0.15, 0.2) is 48.7 Å². The van der Waals surface area contributed by atoms with Gasteiger partial charge in [-0.25, -0.2) is 4.79 Å². The minimum atomic E-state index is -0.414. The molecular formula is C17H18N2O3. The summed E-state index contributed by atoms with van der Waals surface area (Å²) < 4.78 is 4.63. The van der Waals surface area contributed by atoms with Crippen LogP contribution in [0.3, 0.4) is 0 Å². The molecule has 0 atom stereocenters. The van der Waals surface area contributed by atoms with E-state index >= 15 is 0 Å². The van der Waals surface area contributed by atoms with E-state index in [1.165, 1.54) is 7.11 Å². The van der Waals surface area contributed by atoms with Crippen molar-refractivity contribution < 1.29 is 14.3 Å². The van der Waals surface area contributed by atoms with Crippen molar-refractivity contribution in [2.45, 2.75) is 6.42 Å². The van der Waals surface area contributed by atoms with Crippen LogP contribution in [0.5, 0.6) is 0 Å². The zero-order chi connectivity index (χ0) is 15.9. The number of likely N-dealkylation sites (N-methyl/N-ethyl adjacent to an activating group) is 1. The quantitative estimate of drug-likeness (QED) is 0.794. The molecule has 1 aromatic heterocycles. The Bertz CT molecular complexity index is 639. The Morgan fingerprint density at radius 3 is 2.36 bits per heavy atom. The van der Waals surface area contributed by atoms with Crippen LogP contribution < -0.4 is 0 Å². The van der Waals surface area contributed by atoms with Crippen molar-refractivity contribution in [1.29, 1.82) is 0 Å². The van der Waals surface area contributed by atoms with Gasteiger partial charge in [0.25, 0.3) is 5.91 Å². The summed E-state index contributed by atoms with van der Waals surface area (Å²) in [5.74, 6) is -0.505. The Hall–Kier alpha value is -2.69. The van der Waals surface area contributed by atoms with Gasteiger partial charge in [-0.1, -0.05) is 6.07 Å². The molecule has 2 rings (SSSR count). The molecule has 0 aliphatic carbocycles. The van der Waals surface area contributed by atoms with Crippen molar-refractivity contribution in [1.82, 2.24) is 9.88 Å². The van der Waals surface area contributed by atoms with Crippen LogP contribution in [0, 0.1) is 0 Å². The van der Waals surface area contributed by atoms with Crippen LogP contribution in [-0.4, -0.2) is 42.5 Å². The topological polar surface area (TPSA) is 59.5 Å². The highest BCUT2D eigenvalue weighted by Gasteiger charge is 2.13. The Kier molecular flexibility index (Phi) is 5.25. The van der Waals surface area contributed by atoms with E-state index < -0.39 is 5.97 Å². The predicted molar refractivity (Wildman–Crippen MR) is 82.7 cm³/mol. The lowest BCUT2D eigenvalue weighted by molar-refractivity contribution is 0.0600. The molecule has 5 nitrogen and oxygen atoms in total. The molecule has 1 heterocycles. The molecule has 1 aromatic carbocycles. The number of esters is 1. The Morgan fingerprint density at radius 1 is 1.09 bits per heavy atom. The first-order valence-corrected chi connectivity index (χ1v) is 6.95. The second-order valence-corrected chi connectivity index (χ2v) is 4.87. The largest absolute Gasteiger partial charge is 0.465 e. The van der Waals surface area contributed by atoms with Crippen LogP contribution in [0.4, 0.5) is 0 Å². The summed E-state index contributed by atoms with van der Waals surface area (Å²) in [5, 5.41) is 0. The number of hydrogen-bond donors (Lipinski definition) is 0. The van der Waals surface area contributed by atoms with Gasteiger partial charge in [0.15, 0.2) is 0 Å². The molecule has 0 N–H and O–H groups in total. The van der Waals surface area contributed by atoms with Gasteiger partial charge < -0.3 is 9.64 Å². The Morgan fingerprint density at radius 2 is 1.77 bits per heavy atom. The van der Waals surface area contributed by atoms with Gasteiger partial charge in [0, 0.05) is 37.5 Å². The maximum Gasteiger partial charge on any atom is 0.337 e. The highest BCUT2D eigenvalue weighted by Crippen LogP contribution is 2.08. The number of rotatable bonds is 5. The maximum atomic E-state index is 12.3. The minimum Gasteiger partial charge on any atom is -0.465 e. The number of pyridine rings is 1. The van der Waals surface area contributed by atoms with E-state index in [1.54, 1.807) is 42.4 Å². The number of carbonyl (C=O) groups excluding carboxylic acids is 2. The number of ether oxygens (including phenoxy) is 1. The van der Waals surface area contributed by atoms with Gasteiger partial charge >= 0.3 is 5.97 Å². The van der Waals surface area contributed by atoms with E-state index in [4.69, 9.17) is 0 Å². The SMILES string of the molecule is COC(=O)c1ccc(C(=O)N(C)CCc2ccccn2)cc1. The molecule has 22 heavy (non-hydrogen) atoms. The number of amides is 1. The summed E-state index contributed by atoms with van der Waals surface area (Å²) in [5.41, 5.74) is 1.91. The minimum absolute atomic E-state index is 0.0904. The number of benzene rings is 1. The second kappa shape index (κ2) is 7.36. The van der Waals surface area contributed by atoms with Gasteiger partial charge in [-0.15, -0.1) is 0 Å². The van der Waals surface area contributed by atoms with E-state index in [1.807, 2.05) is 18.2 Å². The molecule has 2 aromatic rings. The normalized spacial score (nSPS) is 10.1. The summed E-state index contributed by atoms with van der Waals surface area (Å²) in [6.07, 6.45) is 2.44. The van der Waals surface area contributed by atoms with Crippen LogP contribution in [-0.2, 0) is 11.2 Å². The van der Waals surface area contributed by atoms with Crippen LogP contribution in [0.25, 0.3) is 0 Å². The van der Waals surface area contributed by atoms with E-state index in [2.05, 4.69) is 9.72 Å². The lowest BCUT2D eigenvalue weighted by atomic mass is 10.1. The van der Waals surface area contributed by atoms with E-state index in [9.17, 15) is 9.59 Å². The van der Waals surface area contributed by atoms with E-state index in [-0.39, 0.29) is 5.91 Å². The first-order chi connectivity index (χ1) is 10.6. The average Bonchev–Trinajstić information content (AvgIpc) is 2.59. The third-order valence-corrected chi connectivity index (χ3v) is 3.33. The fraction of sp³-hybridized carbons (Fsp3) is 0.235. The fourth-order valence-electron chi connectivity index (χ4n) is 2.02. The molecule has 0 bridgehead atoms. The van der Waals surface area contributed by atoms with Gasteiger partial charge in [-0.2, -0.15) is 0 Å². The maximum absolute atomic E-state index is 12.3. The number of aromatic nitrogens is 1. The standard InChI is InChI=1S/C17H18N2O3/c1-19(12-10-15-5-3-4-11-18-15)16(20)13-6-8-14(9-7-13)17(21)22-2/h3-9,11H,10,12H2,1-2H3. The number of hydrogen-bond acceptors (Lipinski definition) is 4. The van der Waals surface area contributed by atoms with Gasteiger partial charge in [-0.05, 0) is 36.4 Å². The first-order valence-electron chi connectivity index (χ1n) is 6.95. The lowest BCUT2D eigenvalue weighted by Gasteiger charge is -2.17. The van der Waals surface area contributed by atoms with Gasteiger partial charge in [0.2, 0.25) is 0 Å². The van der Waals surface area contributed by atoms with E-state index in [0.717, 1.165) is 5.69 Å². The fourth-order valence-corrected chi connectivity index (χ4v) is 2.02. The predicted octanol–water partition coefficient (Wildman–Crippen LogP) is 2.18. The summed E-state index contributed by atoms with van der Waals surface area (Å²) >= 11 is 0. The Balaban J connectivity index is 1.96. The third kappa shape index (κ3) is 3.91. The highest BCUT2D eigenvalue weighted by molar-refractivity contribution is 5.96. The second-order valence-electron chi connectivity index (χ2n) is 4.87. The first kappa shape index (κ1) is 15.7. The summed E-state index contributed by atoms with van der Waals surface area (Å²) in [6.45, 7) is 0.578. The number of methoxy groups -OCH3 is 1. The smallest absolute Gasteiger partial charge is 0.337 e. The summed E-state index contributed by atoms with van der Waals surface area (Å²) in [6, 6.07) is 12.2. The summed E-state index contributed by atoms with van der Waals surface area (Å²) in [4.78, 5) is 29.5. The molecule has 5 heteroatoms. The zero-order valence-electron chi connectivity index (χ0n) is 12.7.